The molecule has 0 fully saturated rings. The van der Waals surface area contributed by atoms with E-state index in [0.717, 1.165) is 25.7 Å². The van der Waals surface area contributed by atoms with Gasteiger partial charge in [-0.2, -0.15) is 0 Å². The quantitative estimate of drug-likeness (QED) is 0.0434. The Balaban J connectivity index is -0.000000807. The molecule has 0 aliphatic rings. The number of nitrogens with zero attached hydrogens (tertiary/aromatic N) is 2. The van der Waals surface area contributed by atoms with Gasteiger partial charge in [-0.3, -0.25) is 9.59 Å². The number of carbonyl (C=O) groups is 2. The zero-order chi connectivity index (χ0) is 35.1. The first kappa shape index (κ1) is 51.4. The number of hydrogen-bond donors (Lipinski definition) is 0. The number of hydrogen-bond acceptors (Lipinski definition) is 8. The van der Waals surface area contributed by atoms with Gasteiger partial charge in [-0.15, -0.1) is 0 Å². The Morgan fingerprint density at radius 2 is 0.681 bits per heavy atom. The van der Waals surface area contributed by atoms with Crippen molar-refractivity contribution in [3.63, 3.8) is 0 Å². The number of rotatable bonds is 30. The van der Waals surface area contributed by atoms with Crippen LogP contribution in [0.5, 0.6) is 0 Å². The van der Waals surface area contributed by atoms with Crippen LogP contribution in [-0.4, -0.2) is 124 Å². The first-order valence-electron chi connectivity index (χ1n) is 18.1. The van der Waals surface area contributed by atoms with Crippen molar-refractivity contribution in [2.45, 2.75) is 168 Å². The van der Waals surface area contributed by atoms with Crippen LogP contribution in [0.1, 0.15) is 168 Å². The fourth-order valence-corrected chi connectivity index (χ4v) is 6.08. The van der Waals surface area contributed by atoms with Gasteiger partial charge >= 0.3 is 37.7 Å². The Bertz CT molecular complexity index is 874. The van der Waals surface area contributed by atoms with Crippen LogP contribution in [0.15, 0.2) is 0 Å². The smallest absolute Gasteiger partial charge is 0.748 e. The van der Waals surface area contributed by atoms with Crippen LogP contribution >= 0.6 is 0 Å². The van der Waals surface area contributed by atoms with Crippen LogP contribution in [0.4, 0.5) is 0 Å². The van der Waals surface area contributed by atoms with Crippen LogP contribution in [0.3, 0.4) is 0 Å². The SMILES string of the molecule is CCCCCCCCCCCCC(=O)N(C)CCCS(=O)(=O)[O-].CCCCCCCCCCCCC(=O)N(C)CCCS(=O)(=O)[O-].[Ca+2]. The molecule has 13 heteroatoms. The molecule has 0 unspecified atom stereocenters. The molecule has 2 amide bonds. The molecule has 0 radical (unpaired) electrons. The van der Waals surface area contributed by atoms with Gasteiger partial charge in [-0.1, -0.05) is 129 Å². The molecule has 0 atom stereocenters. The predicted octanol–water partition coefficient (Wildman–Crippen LogP) is 7.00. The van der Waals surface area contributed by atoms with Crippen LogP contribution in [0, 0.1) is 0 Å². The van der Waals surface area contributed by atoms with Gasteiger partial charge in [-0.05, 0) is 25.7 Å². The van der Waals surface area contributed by atoms with Crippen molar-refractivity contribution >= 4 is 69.8 Å². The molecule has 47 heavy (non-hydrogen) atoms. The molecule has 0 spiro atoms. The maximum absolute atomic E-state index is 11.8. The molecule has 0 saturated heterocycles. The molecular weight excluding hydrogens is 669 g/mol. The van der Waals surface area contributed by atoms with Gasteiger partial charge in [-0.25, -0.2) is 16.8 Å². The number of unbranched alkanes of at least 4 members (excludes halogenated alkanes) is 18. The van der Waals surface area contributed by atoms with E-state index >= 15 is 0 Å². The molecule has 0 bridgehead atoms. The van der Waals surface area contributed by atoms with Crippen LogP contribution in [-0.2, 0) is 29.8 Å². The van der Waals surface area contributed by atoms with Crippen molar-refractivity contribution in [2.75, 3.05) is 38.7 Å². The summed E-state index contributed by atoms with van der Waals surface area (Å²) in [6, 6.07) is 0. The van der Waals surface area contributed by atoms with Crippen molar-refractivity contribution in [3.8, 4) is 0 Å². The van der Waals surface area contributed by atoms with E-state index < -0.39 is 31.7 Å². The topological polar surface area (TPSA) is 155 Å². The standard InChI is InChI=1S/2C17H35NO4S.Ca/c2*1-3-4-5-6-7-8-9-10-11-12-14-17(19)18(2)15-13-16-23(20,21)22;/h2*3-16H2,1-2H3,(H,20,21,22);/q;;+2/p-2. The van der Waals surface area contributed by atoms with Crippen LogP contribution in [0.2, 0.25) is 0 Å². The van der Waals surface area contributed by atoms with E-state index in [-0.39, 0.29) is 62.4 Å². The van der Waals surface area contributed by atoms with E-state index in [9.17, 15) is 35.5 Å². The van der Waals surface area contributed by atoms with Crippen LogP contribution < -0.4 is 0 Å². The molecular formula is C34H68CaN2O8S2. The van der Waals surface area contributed by atoms with E-state index in [4.69, 9.17) is 0 Å². The second-order valence-electron chi connectivity index (χ2n) is 12.7. The maximum atomic E-state index is 11.8. The van der Waals surface area contributed by atoms with E-state index in [2.05, 4.69) is 13.8 Å². The normalized spacial score (nSPS) is 11.4. The molecule has 0 aromatic rings. The second-order valence-corrected chi connectivity index (χ2v) is 15.8. The summed E-state index contributed by atoms with van der Waals surface area (Å²) in [4.78, 5) is 26.7. The fraction of sp³-hybridized carbons (Fsp3) is 0.941. The van der Waals surface area contributed by atoms with E-state index in [1.807, 2.05) is 0 Å². The summed E-state index contributed by atoms with van der Waals surface area (Å²) in [7, 11) is -5.02. The second kappa shape index (κ2) is 34.5. The first-order valence-corrected chi connectivity index (χ1v) is 21.2. The molecule has 0 aromatic heterocycles. The number of carbonyl (C=O) groups excluding carboxylic acids is 2. The summed E-state index contributed by atoms with van der Waals surface area (Å²) in [5.74, 6) is -0.730. The monoisotopic (exact) mass is 736 g/mol. The van der Waals surface area contributed by atoms with E-state index in [0.29, 0.717) is 25.9 Å². The van der Waals surface area contributed by atoms with Crippen LogP contribution in [0.25, 0.3) is 0 Å². The van der Waals surface area contributed by atoms with E-state index in [1.165, 1.54) is 113 Å². The largest absolute Gasteiger partial charge is 2.00 e. The first-order chi connectivity index (χ1) is 21.7. The average Bonchev–Trinajstić information content (AvgIpc) is 2.97. The summed E-state index contributed by atoms with van der Waals surface area (Å²) in [5.41, 5.74) is 0. The summed E-state index contributed by atoms with van der Waals surface area (Å²) in [6.07, 6.45) is 26.1. The Labute approximate surface area is 319 Å². The third-order valence-electron chi connectivity index (χ3n) is 8.12. The minimum Gasteiger partial charge on any atom is -0.748 e. The van der Waals surface area contributed by atoms with Crippen molar-refractivity contribution < 1.29 is 35.5 Å². The van der Waals surface area contributed by atoms with Gasteiger partial charge in [0.1, 0.15) is 0 Å². The van der Waals surface area contributed by atoms with Gasteiger partial charge in [0.15, 0.2) is 0 Å². The summed E-state index contributed by atoms with van der Waals surface area (Å²) < 4.78 is 63.0. The molecule has 0 aromatic carbocycles. The molecule has 0 N–H and O–H groups in total. The molecule has 0 aliphatic heterocycles. The van der Waals surface area contributed by atoms with Crippen molar-refractivity contribution in [1.82, 2.24) is 9.80 Å². The fourth-order valence-electron chi connectivity index (χ4n) is 5.12. The summed E-state index contributed by atoms with van der Waals surface area (Å²) >= 11 is 0. The Morgan fingerprint density at radius 1 is 0.447 bits per heavy atom. The Hall–Kier alpha value is 0.0197. The van der Waals surface area contributed by atoms with E-state index in [1.54, 1.807) is 14.1 Å². The molecule has 10 nitrogen and oxygen atoms in total. The molecule has 0 saturated carbocycles. The van der Waals surface area contributed by atoms with Gasteiger partial charge in [0.05, 0.1) is 20.2 Å². The van der Waals surface area contributed by atoms with Gasteiger partial charge in [0.25, 0.3) is 0 Å². The minimum atomic E-state index is -4.17. The Morgan fingerprint density at radius 3 is 0.915 bits per heavy atom. The summed E-state index contributed by atoms with van der Waals surface area (Å²) in [5, 5.41) is 0. The van der Waals surface area contributed by atoms with Crippen molar-refractivity contribution in [3.05, 3.63) is 0 Å². The van der Waals surface area contributed by atoms with Gasteiger partial charge < -0.3 is 18.9 Å². The average molecular weight is 737 g/mol. The third kappa shape index (κ3) is 42.1. The minimum absolute atomic E-state index is 0. The maximum Gasteiger partial charge on any atom is 2.00 e. The van der Waals surface area contributed by atoms with Crippen molar-refractivity contribution in [2.24, 2.45) is 0 Å². The molecule has 0 aliphatic carbocycles. The third-order valence-corrected chi connectivity index (χ3v) is 9.69. The van der Waals surface area contributed by atoms with Gasteiger partial charge in [0, 0.05) is 51.5 Å². The zero-order valence-electron chi connectivity index (χ0n) is 30.5. The predicted molar refractivity (Wildman–Crippen MR) is 192 cm³/mol. The molecule has 276 valence electrons. The molecule has 0 rings (SSSR count). The van der Waals surface area contributed by atoms with Gasteiger partial charge in [0.2, 0.25) is 11.8 Å². The summed E-state index contributed by atoms with van der Waals surface area (Å²) in [6.45, 7) is 5.12. The Kier molecular flexibility index (Phi) is 37.7. The zero-order valence-corrected chi connectivity index (χ0v) is 34.3. The number of amides is 2. The molecule has 0 heterocycles. The van der Waals surface area contributed by atoms with Crippen molar-refractivity contribution in [1.29, 1.82) is 0 Å².